The van der Waals surface area contributed by atoms with Crippen LogP contribution in [0.25, 0.3) is 0 Å². The number of ether oxygens (including phenoxy) is 3. The molecule has 4 rings (SSSR count). The first-order valence-electron chi connectivity index (χ1n) is 8.94. The van der Waals surface area contributed by atoms with Crippen molar-refractivity contribution in [3.8, 4) is 0 Å². The van der Waals surface area contributed by atoms with Gasteiger partial charge in [0, 0.05) is 12.8 Å². The van der Waals surface area contributed by atoms with E-state index < -0.39 is 12.3 Å². The molecule has 6 atom stereocenters. The van der Waals surface area contributed by atoms with Crippen molar-refractivity contribution in [2.75, 3.05) is 19.8 Å². The van der Waals surface area contributed by atoms with Crippen LogP contribution in [0.15, 0.2) is 24.3 Å². The lowest BCUT2D eigenvalue weighted by atomic mass is 9.78. The average Bonchev–Trinajstić information content (AvgIpc) is 2.58. The molecule has 25 heavy (non-hydrogen) atoms. The molecular weight excluding hydrogens is 330 g/mol. The summed E-state index contributed by atoms with van der Waals surface area (Å²) in [5, 5.41) is 0. The first-order chi connectivity index (χ1) is 12.0. The van der Waals surface area contributed by atoms with Crippen LogP contribution in [0.3, 0.4) is 0 Å². The van der Waals surface area contributed by atoms with E-state index in [2.05, 4.69) is 13.2 Å². The van der Waals surface area contributed by atoms with Crippen molar-refractivity contribution in [2.24, 2.45) is 5.92 Å². The second-order valence-corrected chi connectivity index (χ2v) is 7.30. The number of Topliss-reactive ketones (excluding diaryl/α,β-unsaturated/α-hetero) is 1. The smallest absolute Gasteiger partial charge is 0.158 e. The summed E-state index contributed by atoms with van der Waals surface area (Å²) in [6, 6.07) is 0. The van der Waals surface area contributed by atoms with Crippen LogP contribution >= 0.6 is 0 Å². The number of alkyl halides is 2. The molecule has 4 nitrogen and oxygen atoms in total. The van der Waals surface area contributed by atoms with E-state index >= 15 is 0 Å². The largest absolute Gasteiger partial charge is 0.373 e. The number of carbonyl (C=O) groups excluding carboxylic acids is 1. The summed E-state index contributed by atoms with van der Waals surface area (Å²) in [7, 11) is 0. The molecule has 140 valence electrons. The zero-order valence-corrected chi connectivity index (χ0v) is 14.4. The maximum atomic E-state index is 13.4. The zero-order chi connectivity index (χ0) is 18.0. The molecule has 2 aliphatic carbocycles. The minimum Gasteiger partial charge on any atom is -0.373 e. The lowest BCUT2D eigenvalue weighted by Crippen LogP contribution is -2.47. The van der Waals surface area contributed by atoms with E-state index in [1.54, 1.807) is 0 Å². The first-order valence-corrected chi connectivity index (χ1v) is 8.94. The summed E-state index contributed by atoms with van der Waals surface area (Å²) in [6.07, 6.45) is 0.414. The number of hydrogen-bond donors (Lipinski definition) is 0. The van der Waals surface area contributed by atoms with E-state index in [4.69, 9.17) is 14.2 Å². The molecule has 6 heteroatoms. The van der Waals surface area contributed by atoms with E-state index in [-0.39, 0.29) is 36.6 Å². The first kappa shape index (κ1) is 18.7. The summed E-state index contributed by atoms with van der Waals surface area (Å²) in [6.45, 7) is 8.65. The highest BCUT2D eigenvalue weighted by molar-refractivity contribution is 5.80. The van der Waals surface area contributed by atoms with Gasteiger partial charge >= 0.3 is 0 Å². The van der Waals surface area contributed by atoms with Gasteiger partial charge in [0.2, 0.25) is 0 Å². The van der Waals surface area contributed by atoms with Gasteiger partial charge in [-0.1, -0.05) is 18.7 Å². The molecule has 4 aliphatic rings. The third kappa shape index (κ3) is 4.36. The van der Waals surface area contributed by atoms with Gasteiger partial charge in [-0.2, -0.15) is 0 Å². The SMILES string of the molecule is C=C1CC(F)C2OCC(=O)CC2C1.C=C1CCC2OCCOC2C1F. The van der Waals surface area contributed by atoms with Gasteiger partial charge in [0.05, 0.1) is 25.4 Å². The molecule has 2 saturated carbocycles. The van der Waals surface area contributed by atoms with Crippen molar-refractivity contribution in [3.63, 3.8) is 0 Å². The van der Waals surface area contributed by atoms with Crippen LogP contribution in [0.2, 0.25) is 0 Å². The van der Waals surface area contributed by atoms with E-state index in [9.17, 15) is 13.6 Å². The molecule has 0 spiro atoms. The third-order valence-corrected chi connectivity index (χ3v) is 5.30. The topological polar surface area (TPSA) is 44.8 Å². The standard InChI is InChI=1S/C10H13FO2.C9H13FO2/c1-6-2-7-4-8(12)5-13-10(7)9(11)3-6;1-6-2-3-7-9(8(6)10)12-5-4-11-7/h7,9-10H,1-5H2;7-9H,1-5H2. The normalized spacial score (nSPS) is 41.3. The lowest BCUT2D eigenvalue weighted by molar-refractivity contribution is -0.167. The Hall–Kier alpha value is -1.11. The monoisotopic (exact) mass is 356 g/mol. The van der Waals surface area contributed by atoms with Crippen LogP contribution < -0.4 is 0 Å². The zero-order valence-electron chi connectivity index (χ0n) is 14.4. The summed E-state index contributed by atoms with van der Waals surface area (Å²) in [5.41, 5.74) is 1.56. The van der Waals surface area contributed by atoms with Gasteiger partial charge in [0.15, 0.2) is 5.78 Å². The lowest BCUT2D eigenvalue weighted by Gasteiger charge is -2.38. The average molecular weight is 356 g/mol. The highest BCUT2D eigenvalue weighted by atomic mass is 19.1. The van der Waals surface area contributed by atoms with Gasteiger partial charge in [-0.05, 0) is 30.8 Å². The number of rotatable bonds is 0. The summed E-state index contributed by atoms with van der Waals surface area (Å²) in [5.74, 6) is 0.126. The van der Waals surface area contributed by atoms with Gasteiger partial charge in [0.1, 0.15) is 25.1 Å². The number of allylic oxidation sites excluding steroid dienone is 1. The van der Waals surface area contributed by atoms with Crippen molar-refractivity contribution in [3.05, 3.63) is 24.3 Å². The van der Waals surface area contributed by atoms with Crippen molar-refractivity contribution in [1.29, 1.82) is 0 Å². The van der Waals surface area contributed by atoms with E-state index in [1.807, 2.05) is 0 Å². The molecule has 2 aliphatic heterocycles. The van der Waals surface area contributed by atoms with Crippen LogP contribution in [0.4, 0.5) is 8.78 Å². The van der Waals surface area contributed by atoms with Crippen LogP contribution in [-0.2, 0) is 19.0 Å². The molecule has 2 heterocycles. The highest BCUT2D eigenvalue weighted by Crippen LogP contribution is 2.36. The van der Waals surface area contributed by atoms with Crippen molar-refractivity contribution < 1.29 is 27.8 Å². The quantitative estimate of drug-likeness (QED) is 0.626. The van der Waals surface area contributed by atoms with Crippen molar-refractivity contribution >= 4 is 5.78 Å². The number of carbonyl (C=O) groups is 1. The molecule has 2 saturated heterocycles. The number of fused-ring (bicyclic) bond motifs is 2. The van der Waals surface area contributed by atoms with Crippen LogP contribution in [-0.4, -0.2) is 56.3 Å². The maximum Gasteiger partial charge on any atom is 0.158 e. The molecule has 0 N–H and O–H groups in total. The number of hydrogen-bond acceptors (Lipinski definition) is 4. The van der Waals surface area contributed by atoms with Gasteiger partial charge < -0.3 is 14.2 Å². The van der Waals surface area contributed by atoms with Crippen LogP contribution in [0.1, 0.15) is 32.1 Å². The molecule has 0 aromatic heterocycles. The minimum absolute atomic E-state index is 0.0394. The summed E-state index contributed by atoms with van der Waals surface area (Å²) < 4.78 is 42.7. The maximum absolute atomic E-state index is 13.4. The Labute approximate surface area is 147 Å². The fraction of sp³-hybridized carbons (Fsp3) is 0.737. The molecular formula is C19H26F2O4. The number of halogens is 2. The van der Waals surface area contributed by atoms with E-state index in [0.29, 0.717) is 31.6 Å². The third-order valence-electron chi connectivity index (χ3n) is 5.30. The van der Waals surface area contributed by atoms with Gasteiger partial charge in [0.25, 0.3) is 0 Å². The molecule has 0 aromatic rings. The predicted molar refractivity (Wildman–Crippen MR) is 88.9 cm³/mol. The van der Waals surface area contributed by atoms with Gasteiger partial charge in [-0.3, -0.25) is 4.79 Å². The molecule has 4 fully saturated rings. The van der Waals surface area contributed by atoms with Gasteiger partial charge in [-0.15, -0.1) is 0 Å². The van der Waals surface area contributed by atoms with Crippen LogP contribution in [0.5, 0.6) is 0 Å². The Bertz CT molecular complexity index is 534. The molecule has 0 bridgehead atoms. The molecule has 0 amide bonds. The second kappa shape index (κ2) is 8.06. The number of ketones is 1. The Morgan fingerprint density at radius 2 is 1.72 bits per heavy atom. The fourth-order valence-corrected chi connectivity index (χ4v) is 4.03. The van der Waals surface area contributed by atoms with Gasteiger partial charge in [-0.25, -0.2) is 8.78 Å². The Morgan fingerprint density at radius 1 is 0.960 bits per heavy atom. The summed E-state index contributed by atoms with van der Waals surface area (Å²) in [4.78, 5) is 11.1. The Morgan fingerprint density at radius 3 is 2.52 bits per heavy atom. The van der Waals surface area contributed by atoms with E-state index in [1.165, 1.54) is 0 Å². The van der Waals surface area contributed by atoms with Crippen molar-refractivity contribution in [2.45, 2.75) is 62.8 Å². The molecule has 0 radical (unpaired) electrons. The summed E-state index contributed by atoms with van der Waals surface area (Å²) >= 11 is 0. The minimum atomic E-state index is -1.02. The van der Waals surface area contributed by atoms with Crippen LogP contribution in [0, 0.1) is 5.92 Å². The fourth-order valence-electron chi connectivity index (χ4n) is 4.03. The second-order valence-electron chi connectivity index (χ2n) is 7.30. The molecule has 6 unspecified atom stereocenters. The molecule has 0 aromatic carbocycles. The van der Waals surface area contributed by atoms with E-state index in [0.717, 1.165) is 24.8 Å². The van der Waals surface area contributed by atoms with Crippen molar-refractivity contribution in [1.82, 2.24) is 0 Å². The predicted octanol–water partition coefficient (Wildman–Crippen LogP) is 3.11. The Balaban J connectivity index is 0.000000146. The Kier molecular flexibility index (Phi) is 6.02. The highest BCUT2D eigenvalue weighted by Gasteiger charge is 2.40.